The first-order valence-electron chi connectivity index (χ1n) is 9.84. The Morgan fingerprint density at radius 1 is 1.00 bits per heavy atom. The molecule has 1 saturated heterocycles. The molecule has 0 radical (unpaired) electrons. The van der Waals surface area contributed by atoms with E-state index in [1.807, 2.05) is 79.7 Å². The Morgan fingerprint density at radius 3 is 2.48 bits per heavy atom. The number of amides is 1. The Hall–Kier alpha value is -3.64. The summed E-state index contributed by atoms with van der Waals surface area (Å²) < 4.78 is 11.4. The number of aryl methyl sites for hydroxylation is 1. The van der Waals surface area contributed by atoms with Gasteiger partial charge in [0.15, 0.2) is 16.6 Å². The molecule has 0 spiro atoms. The van der Waals surface area contributed by atoms with Gasteiger partial charge in [0.2, 0.25) is 0 Å². The van der Waals surface area contributed by atoms with Crippen molar-refractivity contribution in [2.24, 2.45) is 0 Å². The van der Waals surface area contributed by atoms with Gasteiger partial charge in [-0.2, -0.15) is 0 Å². The van der Waals surface area contributed by atoms with E-state index in [0.717, 1.165) is 22.4 Å². The minimum absolute atomic E-state index is 0.193. The number of nitrogens with one attached hydrogen (secondary N) is 1. The van der Waals surface area contributed by atoms with Crippen LogP contribution in [0.25, 0.3) is 6.08 Å². The van der Waals surface area contributed by atoms with Crippen molar-refractivity contribution in [1.82, 2.24) is 5.32 Å². The van der Waals surface area contributed by atoms with Crippen LogP contribution in [-0.2, 0) is 11.4 Å². The number of ether oxygens (including phenoxy) is 2. The number of hydrogen-bond acceptors (Lipinski definition) is 4. The number of para-hydroxylation sites is 1. The number of methoxy groups -OCH3 is 1. The first kappa shape index (κ1) is 20.6. The monoisotopic (exact) mass is 430 g/mol. The summed E-state index contributed by atoms with van der Waals surface area (Å²) in [5, 5.41) is 3.39. The summed E-state index contributed by atoms with van der Waals surface area (Å²) in [7, 11) is 1.60. The lowest BCUT2D eigenvalue weighted by molar-refractivity contribution is -0.113. The van der Waals surface area contributed by atoms with Gasteiger partial charge < -0.3 is 14.8 Å². The average Bonchev–Trinajstić information content (AvgIpc) is 3.06. The maximum Gasteiger partial charge on any atom is 0.281 e. The molecule has 0 bridgehead atoms. The maximum atomic E-state index is 13.0. The van der Waals surface area contributed by atoms with E-state index in [9.17, 15) is 4.79 Å². The van der Waals surface area contributed by atoms with Gasteiger partial charge in [0.1, 0.15) is 12.3 Å². The van der Waals surface area contributed by atoms with Crippen LogP contribution < -0.4 is 19.7 Å². The van der Waals surface area contributed by atoms with Crippen molar-refractivity contribution >= 4 is 35.0 Å². The molecule has 1 fully saturated rings. The summed E-state index contributed by atoms with van der Waals surface area (Å²) in [4.78, 5) is 14.6. The van der Waals surface area contributed by atoms with E-state index in [1.54, 1.807) is 13.2 Å². The molecule has 31 heavy (non-hydrogen) atoms. The number of hydrogen-bond donors (Lipinski definition) is 1. The van der Waals surface area contributed by atoms with Crippen LogP contribution in [0.15, 0.2) is 78.5 Å². The molecule has 0 aliphatic carbocycles. The summed E-state index contributed by atoms with van der Waals surface area (Å²) in [6.07, 6.45) is 1.77. The molecule has 1 N–H and O–H groups in total. The lowest BCUT2D eigenvalue weighted by Gasteiger charge is -2.16. The molecular formula is C25H22N2O3S. The molecule has 0 unspecified atom stereocenters. The van der Waals surface area contributed by atoms with E-state index in [-0.39, 0.29) is 5.91 Å². The topological polar surface area (TPSA) is 50.8 Å². The van der Waals surface area contributed by atoms with E-state index in [2.05, 4.69) is 5.32 Å². The van der Waals surface area contributed by atoms with Crippen LogP contribution in [0.3, 0.4) is 0 Å². The summed E-state index contributed by atoms with van der Waals surface area (Å²) in [5.41, 5.74) is 4.01. The van der Waals surface area contributed by atoms with Gasteiger partial charge in [-0.05, 0) is 60.1 Å². The predicted octanol–water partition coefficient (Wildman–Crippen LogP) is 4.84. The van der Waals surface area contributed by atoms with Crippen LogP contribution in [0, 0.1) is 6.92 Å². The minimum Gasteiger partial charge on any atom is -0.493 e. The number of nitrogens with zero attached hydrogens (tertiary/aromatic N) is 1. The van der Waals surface area contributed by atoms with E-state index < -0.39 is 0 Å². The van der Waals surface area contributed by atoms with Gasteiger partial charge in [0, 0.05) is 0 Å². The number of benzene rings is 3. The van der Waals surface area contributed by atoms with E-state index in [1.165, 1.54) is 4.90 Å². The zero-order valence-corrected chi connectivity index (χ0v) is 18.1. The third-order valence-electron chi connectivity index (χ3n) is 4.97. The second-order valence-corrected chi connectivity index (χ2v) is 7.49. The highest BCUT2D eigenvalue weighted by Crippen LogP contribution is 2.31. The highest BCUT2D eigenvalue weighted by atomic mass is 32.1. The summed E-state index contributed by atoms with van der Waals surface area (Å²) in [6, 6.07) is 23.1. The SMILES string of the molecule is COc1ccc(/C=C2\NC(=S)N(c3ccccc3C)C2=O)cc1OCc1ccccc1. The normalized spacial score (nSPS) is 14.6. The zero-order chi connectivity index (χ0) is 21.8. The van der Waals surface area contributed by atoms with Crippen LogP contribution >= 0.6 is 12.2 Å². The largest absolute Gasteiger partial charge is 0.493 e. The van der Waals surface area contributed by atoms with Crippen LogP contribution in [0.5, 0.6) is 11.5 Å². The summed E-state index contributed by atoms with van der Waals surface area (Å²) >= 11 is 5.42. The van der Waals surface area contributed by atoms with E-state index in [4.69, 9.17) is 21.7 Å². The molecule has 0 aromatic heterocycles. The molecule has 5 nitrogen and oxygen atoms in total. The van der Waals surface area contributed by atoms with E-state index >= 15 is 0 Å². The van der Waals surface area contributed by atoms with Crippen LogP contribution in [0.4, 0.5) is 5.69 Å². The van der Waals surface area contributed by atoms with Crippen molar-refractivity contribution in [1.29, 1.82) is 0 Å². The number of carbonyl (C=O) groups is 1. The van der Waals surface area contributed by atoms with Crippen LogP contribution in [0.1, 0.15) is 16.7 Å². The highest BCUT2D eigenvalue weighted by molar-refractivity contribution is 7.80. The van der Waals surface area contributed by atoms with Gasteiger partial charge in [0.25, 0.3) is 5.91 Å². The molecule has 1 aliphatic rings. The molecule has 3 aromatic carbocycles. The van der Waals surface area contributed by atoms with Gasteiger partial charge in [-0.15, -0.1) is 0 Å². The third kappa shape index (κ3) is 4.44. The van der Waals surface area contributed by atoms with Gasteiger partial charge in [-0.25, -0.2) is 0 Å². The minimum atomic E-state index is -0.193. The summed E-state index contributed by atoms with van der Waals surface area (Å²) in [6.45, 7) is 2.37. The van der Waals surface area contributed by atoms with Gasteiger partial charge in [-0.1, -0.05) is 54.6 Å². The molecule has 4 rings (SSSR count). The Kier molecular flexibility index (Phi) is 6.00. The molecule has 3 aromatic rings. The van der Waals surface area contributed by atoms with Crippen molar-refractivity contribution in [3.8, 4) is 11.5 Å². The van der Waals surface area contributed by atoms with Crippen molar-refractivity contribution < 1.29 is 14.3 Å². The predicted molar refractivity (Wildman–Crippen MR) is 126 cm³/mol. The molecule has 6 heteroatoms. The molecule has 156 valence electrons. The van der Waals surface area contributed by atoms with E-state index in [0.29, 0.717) is 28.9 Å². The fourth-order valence-corrected chi connectivity index (χ4v) is 3.66. The summed E-state index contributed by atoms with van der Waals surface area (Å²) in [5.74, 6) is 1.03. The number of rotatable bonds is 6. The second kappa shape index (κ2) is 9.02. The molecule has 0 atom stereocenters. The Morgan fingerprint density at radius 2 is 1.74 bits per heavy atom. The Bertz CT molecular complexity index is 1160. The smallest absolute Gasteiger partial charge is 0.281 e. The Labute approximate surface area is 186 Å². The van der Waals surface area contributed by atoms with Gasteiger partial charge in [-0.3, -0.25) is 9.69 Å². The van der Waals surface area contributed by atoms with Gasteiger partial charge in [0.05, 0.1) is 12.8 Å². The first-order chi connectivity index (χ1) is 15.1. The molecule has 0 saturated carbocycles. The van der Waals surface area contributed by atoms with Crippen molar-refractivity contribution in [3.05, 3.63) is 95.2 Å². The second-order valence-electron chi connectivity index (χ2n) is 7.10. The lowest BCUT2D eigenvalue weighted by atomic mass is 10.1. The molecular weight excluding hydrogens is 408 g/mol. The van der Waals surface area contributed by atoms with Gasteiger partial charge >= 0.3 is 0 Å². The van der Waals surface area contributed by atoms with Crippen molar-refractivity contribution in [2.75, 3.05) is 12.0 Å². The molecule has 1 amide bonds. The standard InChI is InChI=1S/C25H22N2O3S/c1-17-8-6-7-11-21(17)27-24(28)20(26-25(27)31)14-19-12-13-22(29-2)23(15-19)30-16-18-9-4-3-5-10-18/h3-15H,16H2,1-2H3,(H,26,31)/b20-14-. The van der Waals surface area contributed by atoms with Crippen molar-refractivity contribution in [3.63, 3.8) is 0 Å². The Balaban J connectivity index is 1.59. The third-order valence-corrected chi connectivity index (χ3v) is 5.26. The molecule has 1 aliphatic heterocycles. The highest BCUT2D eigenvalue weighted by Gasteiger charge is 2.32. The number of anilines is 1. The fraction of sp³-hybridized carbons (Fsp3) is 0.120. The lowest BCUT2D eigenvalue weighted by Crippen LogP contribution is -2.30. The molecule has 1 heterocycles. The first-order valence-corrected chi connectivity index (χ1v) is 10.2. The fourth-order valence-electron chi connectivity index (χ4n) is 3.37. The number of thiocarbonyl (C=S) groups is 1. The zero-order valence-electron chi connectivity index (χ0n) is 17.3. The average molecular weight is 431 g/mol. The maximum absolute atomic E-state index is 13.0. The number of carbonyl (C=O) groups excluding carboxylic acids is 1. The van der Waals surface area contributed by atoms with Crippen LogP contribution in [0.2, 0.25) is 0 Å². The van der Waals surface area contributed by atoms with Crippen molar-refractivity contribution in [2.45, 2.75) is 13.5 Å². The quantitative estimate of drug-likeness (QED) is 0.448. The van der Waals surface area contributed by atoms with Crippen LogP contribution in [-0.4, -0.2) is 18.1 Å².